The van der Waals surface area contributed by atoms with Crippen molar-refractivity contribution in [2.75, 3.05) is 13.1 Å². The van der Waals surface area contributed by atoms with E-state index in [9.17, 15) is 4.79 Å². The maximum atomic E-state index is 13.3. The number of carbonyl (C=O) groups is 1. The third-order valence-corrected chi connectivity index (χ3v) is 6.73. The van der Waals surface area contributed by atoms with Crippen molar-refractivity contribution in [3.8, 4) is 0 Å². The second-order valence-electron chi connectivity index (χ2n) is 8.43. The van der Waals surface area contributed by atoms with Gasteiger partial charge >= 0.3 is 0 Å². The highest BCUT2D eigenvalue weighted by Gasteiger charge is 2.25. The van der Waals surface area contributed by atoms with Gasteiger partial charge in [-0.1, -0.05) is 18.2 Å². The van der Waals surface area contributed by atoms with E-state index in [0.29, 0.717) is 12.1 Å². The van der Waals surface area contributed by atoms with Gasteiger partial charge in [0.2, 0.25) is 0 Å². The van der Waals surface area contributed by atoms with Crippen LogP contribution in [0.15, 0.2) is 72.2 Å². The third-order valence-electron chi connectivity index (χ3n) is 5.77. The summed E-state index contributed by atoms with van der Waals surface area (Å²) >= 11 is 1.69. The van der Waals surface area contributed by atoms with Gasteiger partial charge in [0.15, 0.2) is 0 Å². The van der Waals surface area contributed by atoms with Crippen LogP contribution in [0.2, 0.25) is 0 Å². The molecule has 2 atom stereocenters. The molecule has 1 aromatic heterocycles. The Bertz CT molecular complexity index is 1190. The number of rotatable bonds is 2. The number of hydrogen-bond acceptors (Lipinski definition) is 5. The minimum absolute atomic E-state index is 0.0433. The molecular formula is C25H26N4OS. The molecule has 0 radical (unpaired) electrons. The zero-order chi connectivity index (χ0) is 21.5. The molecule has 1 N–H and O–H groups in total. The molecule has 1 fully saturated rings. The first kappa shape index (κ1) is 20.0. The molecule has 6 heteroatoms. The van der Waals surface area contributed by atoms with Gasteiger partial charge in [-0.2, -0.15) is 0 Å². The van der Waals surface area contributed by atoms with E-state index in [0.717, 1.165) is 46.1 Å². The Morgan fingerprint density at radius 3 is 2.68 bits per heavy atom. The van der Waals surface area contributed by atoms with E-state index < -0.39 is 0 Å². The van der Waals surface area contributed by atoms with Crippen LogP contribution in [0.1, 0.15) is 24.4 Å². The molecule has 31 heavy (non-hydrogen) atoms. The Morgan fingerprint density at radius 2 is 1.87 bits per heavy atom. The predicted octanol–water partition coefficient (Wildman–Crippen LogP) is 4.36. The average molecular weight is 431 g/mol. The number of nitrogens with zero attached hydrogens (tertiary/aromatic N) is 3. The number of hydrogen-bond donors (Lipinski definition) is 1. The van der Waals surface area contributed by atoms with Crippen molar-refractivity contribution in [2.45, 2.75) is 32.9 Å². The number of aryl methyl sites for hydroxylation is 1. The Labute approximate surface area is 186 Å². The van der Waals surface area contributed by atoms with Crippen molar-refractivity contribution in [3.05, 3.63) is 82.8 Å². The van der Waals surface area contributed by atoms with E-state index in [1.807, 2.05) is 37.4 Å². The van der Waals surface area contributed by atoms with Crippen molar-refractivity contribution >= 4 is 33.0 Å². The zero-order valence-corrected chi connectivity index (χ0v) is 18.8. The van der Waals surface area contributed by atoms with Gasteiger partial charge in [0.1, 0.15) is 0 Å². The molecule has 1 amide bonds. The number of carbonyl (C=O) groups excluding carboxylic acids is 1. The summed E-state index contributed by atoms with van der Waals surface area (Å²) in [5, 5.41) is 4.61. The summed E-state index contributed by atoms with van der Waals surface area (Å²) in [5.74, 6) is -0.0433. The normalized spacial score (nSPS) is 28.2. The van der Waals surface area contributed by atoms with E-state index >= 15 is 0 Å². The van der Waals surface area contributed by atoms with Crippen molar-refractivity contribution in [1.29, 1.82) is 0 Å². The molecule has 3 aliphatic rings. The molecule has 158 valence electrons. The summed E-state index contributed by atoms with van der Waals surface area (Å²) in [7, 11) is 0. The lowest BCUT2D eigenvalue weighted by molar-refractivity contribution is -0.122. The van der Waals surface area contributed by atoms with Gasteiger partial charge in [0.05, 0.1) is 20.9 Å². The summed E-state index contributed by atoms with van der Waals surface area (Å²) in [6.07, 6.45) is 13.8. The van der Waals surface area contributed by atoms with Crippen LogP contribution in [-0.2, 0) is 4.79 Å². The molecule has 1 saturated heterocycles. The molecule has 5 rings (SSSR count). The molecular weight excluding hydrogens is 404 g/mol. The van der Waals surface area contributed by atoms with E-state index in [-0.39, 0.29) is 5.91 Å². The van der Waals surface area contributed by atoms with Crippen LogP contribution in [0, 0.1) is 6.92 Å². The van der Waals surface area contributed by atoms with Crippen molar-refractivity contribution in [2.24, 2.45) is 0 Å². The molecule has 0 spiro atoms. The number of nitrogens with one attached hydrogen (secondary N) is 1. The van der Waals surface area contributed by atoms with E-state index in [4.69, 9.17) is 0 Å². The Balaban J connectivity index is 1.47. The second-order valence-corrected chi connectivity index (χ2v) is 9.67. The van der Waals surface area contributed by atoms with Crippen molar-refractivity contribution in [1.82, 2.24) is 20.1 Å². The van der Waals surface area contributed by atoms with E-state index in [1.165, 1.54) is 4.70 Å². The number of allylic oxidation sites excluding steroid dienone is 6. The summed E-state index contributed by atoms with van der Waals surface area (Å²) in [5.41, 5.74) is 4.82. The SMILES string of the molecule is Cc1nc2cc(C3=C\C(=O)N4C=C(N5C[C@@H](C)N[C@@H](C)C5)C=C\C4=C/C=C/3)ccc2s1. The Morgan fingerprint density at radius 1 is 1.10 bits per heavy atom. The van der Waals surface area contributed by atoms with Crippen LogP contribution in [0.3, 0.4) is 0 Å². The highest BCUT2D eigenvalue weighted by Crippen LogP contribution is 2.29. The fourth-order valence-electron chi connectivity index (χ4n) is 4.46. The second kappa shape index (κ2) is 7.94. The maximum Gasteiger partial charge on any atom is 0.255 e. The van der Waals surface area contributed by atoms with Crippen LogP contribution in [0.5, 0.6) is 0 Å². The van der Waals surface area contributed by atoms with Gasteiger partial charge in [0.25, 0.3) is 5.91 Å². The summed E-state index contributed by atoms with van der Waals surface area (Å²) in [6.45, 7) is 8.26. The third kappa shape index (κ3) is 4.01. The molecule has 3 aliphatic heterocycles. The standard InChI is InChI=1S/C25H26N4OS/c1-16-13-28(14-17(2)26-16)22-9-8-21-6-4-5-19(12-25(30)29(21)15-22)20-7-10-24-23(11-20)27-18(3)31-24/h4-12,15-17,26H,13-14H2,1-3H3/b5-4+,19-12+,21-6+/t16-,17+. The first-order chi connectivity index (χ1) is 15.0. The number of amides is 1. The summed E-state index contributed by atoms with van der Waals surface area (Å²) in [6, 6.07) is 7.04. The number of piperazine rings is 1. The largest absolute Gasteiger partial charge is 0.367 e. The number of aromatic nitrogens is 1. The Kier molecular flexibility index (Phi) is 5.12. The van der Waals surface area contributed by atoms with Crippen LogP contribution in [-0.4, -0.2) is 45.9 Å². The minimum atomic E-state index is -0.0433. The smallest absolute Gasteiger partial charge is 0.255 e. The van der Waals surface area contributed by atoms with Gasteiger partial charge < -0.3 is 10.2 Å². The number of fused-ring (bicyclic) bond motifs is 2. The van der Waals surface area contributed by atoms with Gasteiger partial charge in [-0.15, -0.1) is 11.3 Å². The first-order valence-electron chi connectivity index (χ1n) is 10.7. The lowest BCUT2D eigenvalue weighted by Crippen LogP contribution is -2.53. The number of benzene rings is 1. The minimum Gasteiger partial charge on any atom is -0.367 e. The van der Waals surface area contributed by atoms with Crippen LogP contribution < -0.4 is 5.32 Å². The molecule has 0 bridgehead atoms. The average Bonchev–Trinajstić information content (AvgIpc) is 3.10. The lowest BCUT2D eigenvalue weighted by atomic mass is 10.0. The van der Waals surface area contributed by atoms with Crippen LogP contribution in [0.25, 0.3) is 15.8 Å². The summed E-state index contributed by atoms with van der Waals surface area (Å²) in [4.78, 5) is 22.0. The van der Waals surface area contributed by atoms with Gasteiger partial charge in [-0.05, 0) is 62.3 Å². The van der Waals surface area contributed by atoms with Gasteiger partial charge in [0, 0.05) is 43.1 Å². The van der Waals surface area contributed by atoms with Crippen LogP contribution >= 0.6 is 11.3 Å². The first-order valence-corrected chi connectivity index (χ1v) is 11.5. The maximum absolute atomic E-state index is 13.3. The molecule has 0 unspecified atom stereocenters. The van der Waals surface area contributed by atoms with Crippen molar-refractivity contribution < 1.29 is 4.79 Å². The highest BCUT2D eigenvalue weighted by molar-refractivity contribution is 7.18. The van der Waals surface area contributed by atoms with Gasteiger partial charge in [-0.25, -0.2) is 4.98 Å². The molecule has 4 heterocycles. The van der Waals surface area contributed by atoms with Crippen molar-refractivity contribution in [3.63, 3.8) is 0 Å². The molecule has 0 aliphatic carbocycles. The fourth-order valence-corrected chi connectivity index (χ4v) is 5.26. The Hall–Kier alpha value is -2.96. The molecule has 5 nitrogen and oxygen atoms in total. The lowest BCUT2D eigenvalue weighted by Gasteiger charge is -2.39. The molecule has 2 aromatic rings. The monoisotopic (exact) mass is 430 g/mol. The fraction of sp³-hybridized carbons (Fsp3) is 0.280. The molecule has 1 aromatic carbocycles. The molecule has 0 saturated carbocycles. The topological polar surface area (TPSA) is 48.5 Å². The highest BCUT2D eigenvalue weighted by atomic mass is 32.1. The quantitative estimate of drug-likeness (QED) is 0.769. The number of thiazole rings is 1. The predicted molar refractivity (Wildman–Crippen MR) is 127 cm³/mol. The van der Waals surface area contributed by atoms with Gasteiger partial charge in [-0.3, -0.25) is 9.69 Å². The summed E-state index contributed by atoms with van der Waals surface area (Å²) < 4.78 is 1.17. The van der Waals surface area contributed by atoms with E-state index in [2.05, 4.69) is 53.3 Å². The zero-order valence-electron chi connectivity index (χ0n) is 18.0. The van der Waals surface area contributed by atoms with E-state index in [1.54, 1.807) is 22.3 Å². The van der Waals surface area contributed by atoms with Crippen LogP contribution in [0.4, 0.5) is 0 Å².